The third kappa shape index (κ3) is 1.33. The summed E-state index contributed by atoms with van der Waals surface area (Å²) in [5.74, 6) is -0.590. The topological polar surface area (TPSA) is 60.4 Å². The van der Waals surface area contributed by atoms with Gasteiger partial charge in [0.25, 0.3) is 0 Å². The van der Waals surface area contributed by atoms with E-state index in [9.17, 15) is 13.2 Å². The fraction of sp³-hybridized carbons (Fsp3) is 0.857. The molecule has 0 aromatic rings. The van der Waals surface area contributed by atoms with Crippen LogP contribution in [0.15, 0.2) is 0 Å². The van der Waals surface area contributed by atoms with Crippen molar-refractivity contribution in [3.63, 3.8) is 0 Å². The van der Waals surface area contributed by atoms with E-state index in [1.807, 2.05) is 0 Å². The van der Waals surface area contributed by atoms with Crippen LogP contribution in [0.25, 0.3) is 0 Å². The first-order valence-electron chi connectivity index (χ1n) is 3.81. The Morgan fingerprint density at radius 1 is 1.50 bits per heavy atom. The summed E-state index contributed by atoms with van der Waals surface area (Å²) in [6, 6.07) is 0. The summed E-state index contributed by atoms with van der Waals surface area (Å²) in [6.07, 6.45) is 1.90. The number of hydrogen-bond donors (Lipinski definition) is 0. The Morgan fingerprint density at radius 3 is 2.25 bits per heavy atom. The maximum absolute atomic E-state index is 11.2. The smallest absolute Gasteiger partial charge is 0.327 e. The molecule has 0 N–H and O–H groups in total. The first kappa shape index (κ1) is 9.51. The molecule has 0 spiro atoms. The number of carbonyl (C=O) groups excluding carboxylic acids is 1. The number of sulfone groups is 1. The molecular formula is C7H12O4S. The molecule has 1 aliphatic rings. The lowest BCUT2D eigenvalue weighted by atomic mass is 10.4. The Morgan fingerprint density at radius 2 is 2.00 bits per heavy atom. The van der Waals surface area contributed by atoms with E-state index in [-0.39, 0.29) is 6.61 Å². The number of ether oxygens (including phenoxy) is 1. The molecule has 1 aliphatic carbocycles. The van der Waals surface area contributed by atoms with Crippen LogP contribution < -0.4 is 0 Å². The maximum Gasteiger partial charge on any atom is 0.327 e. The normalized spacial score (nSPS) is 20.2. The monoisotopic (exact) mass is 192 g/mol. The largest absolute Gasteiger partial charge is 0.465 e. The van der Waals surface area contributed by atoms with Gasteiger partial charge in [-0.05, 0) is 19.8 Å². The van der Waals surface area contributed by atoms with E-state index >= 15 is 0 Å². The van der Waals surface area contributed by atoms with E-state index < -0.39 is 20.6 Å². The van der Waals surface area contributed by atoms with Gasteiger partial charge < -0.3 is 4.74 Å². The molecule has 5 heteroatoms. The minimum absolute atomic E-state index is 0.232. The highest BCUT2D eigenvalue weighted by molar-refractivity contribution is 7.93. The summed E-state index contributed by atoms with van der Waals surface area (Å²) in [5.41, 5.74) is 0. The van der Waals surface area contributed by atoms with Crippen molar-refractivity contribution in [2.24, 2.45) is 0 Å². The Kier molecular flexibility index (Phi) is 2.16. The Labute approximate surface area is 71.8 Å². The average Bonchev–Trinajstić information content (AvgIpc) is 2.63. The molecule has 0 heterocycles. The van der Waals surface area contributed by atoms with Gasteiger partial charge in [0, 0.05) is 6.26 Å². The zero-order valence-corrected chi connectivity index (χ0v) is 7.98. The van der Waals surface area contributed by atoms with Gasteiger partial charge in [-0.3, -0.25) is 4.79 Å². The average molecular weight is 192 g/mol. The lowest BCUT2D eigenvalue weighted by molar-refractivity contribution is -0.143. The van der Waals surface area contributed by atoms with Gasteiger partial charge in [-0.2, -0.15) is 0 Å². The van der Waals surface area contributed by atoms with Crippen molar-refractivity contribution in [1.29, 1.82) is 0 Å². The highest BCUT2D eigenvalue weighted by Crippen LogP contribution is 2.44. The van der Waals surface area contributed by atoms with Crippen LogP contribution in [0.1, 0.15) is 19.8 Å². The summed E-state index contributed by atoms with van der Waals surface area (Å²) < 4.78 is 25.7. The van der Waals surface area contributed by atoms with Gasteiger partial charge in [0.1, 0.15) is 0 Å². The lowest BCUT2D eigenvalue weighted by Crippen LogP contribution is -2.33. The van der Waals surface area contributed by atoms with Gasteiger partial charge >= 0.3 is 5.97 Å². The molecule has 0 radical (unpaired) electrons. The van der Waals surface area contributed by atoms with E-state index in [0.29, 0.717) is 12.8 Å². The predicted molar refractivity (Wildman–Crippen MR) is 43.4 cm³/mol. The van der Waals surface area contributed by atoms with Crippen molar-refractivity contribution in [3.05, 3.63) is 0 Å². The van der Waals surface area contributed by atoms with Gasteiger partial charge in [-0.1, -0.05) is 0 Å². The van der Waals surface area contributed by atoms with Crippen LogP contribution in [-0.2, 0) is 19.4 Å². The number of rotatable bonds is 3. The summed E-state index contributed by atoms with van der Waals surface area (Å²) in [4.78, 5) is 11.2. The molecule has 0 saturated heterocycles. The molecule has 12 heavy (non-hydrogen) atoms. The first-order valence-corrected chi connectivity index (χ1v) is 5.70. The standard InChI is InChI=1S/C7H12O4S/c1-3-11-6(8)7(4-5-7)12(2,9)10/h3-5H2,1-2H3. The van der Waals surface area contributed by atoms with Crippen LogP contribution in [0.3, 0.4) is 0 Å². The molecule has 0 atom stereocenters. The van der Waals surface area contributed by atoms with Gasteiger partial charge in [0.2, 0.25) is 0 Å². The third-order valence-corrected chi connectivity index (χ3v) is 4.06. The van der Waals surface area contributed by atoms with Gasteiger partial charge in [0.15, 0.2) is 14.6 Å². The molecule has 0 bridgehead atoms. The third-order valence-electron chi connectivity index (χ3n) is 2.06. The SMILES string of the molecule is CCOC(=O)C1(S(C)(=O)=O)CC1. The number of hydrogen-bond acceptors (Lipinski definition) is 4. The van der Waals surface area contributed by atoms with Crippen LogP contribution in [-0.4, -0.2) is 32.0 Å². The second kappa shape index (κ2) is 2.73. The van der Waals surface area contributed by atoms with Crippen LogP contribution in [0.2, 0.25) is 0 Å². The Bertz CT molecular complexity index is 287. The fourth-order valence-electron chi connectivity index (χ4n) is 1.10. The highest BCUT2D eigenvalue weighted by atomic mass is 32.2. The molecule has 0 amide bonds. The summed E-state index contributed by atoms with van der Waals surface area (Å²) in [6.45, 7) is 1.90. The van der Waals surface area contributed by atoms with Crippen LogP contribution in [0, 0.1) is 0 Å². The molecule has 4 nitrogen and oxygen atoms in total. The van der Waals surface area contributed by atoms with Crippen molar-refractivity contribution in [2.75, 3.05) is 12.9 Å². The summed E-state index contributed by atoms with van der Waals surface area (Å²) in [7, 11) is -3.29. The predicted octanol–water partition coefficient (Wildman–Crippen LogP) is 0.127. The maximum atomic E-state index is 11.2. The Balaban J connectivity index is 2.81. The van der Waals surface area contributed by atoms with Gasteiger partial charge in [-0.15, -0.1) is 0 Å². The first-order chi connectivity index (χ1) is 5.44. The minimum Gasteiger partial charge on any atom is -0.465 e. The van der Waals surface area contributed by atoms with Crippen molar-refractivity contribution in [1.82, 2.24) is 0 Å². The minimum atomic E-state index is -3.29. The zero-order chi connectivity index (χ0) is 9.41. The molecule has 0 aromatic heterocycles. The number of carbonyl (C=O) groups is 1. The lowest BCUT2D eigenvalue weighted by Gasteiger charge is -2.10. The van der Waals surface area contributed by atoms with E-state index in [4.69, 9.17) is 0 Å². The molecule has 0 aromatic carbocycles. The summed E-state index contributed by atoms with van der Waals surface area (Å²) in [5, 5.41) is 0. The van der Waals surface area contributed by atoms with Crippen molar-refractivity contribution in [3.8, 4) is 0 Å². The molecule has 1 saturated carbocycles. The Hall–Kier alpha value is -0.580. The van der Waals surface area contributed by atoms with E-state index in [2.05, 4.69) is 4.74 Å². The summed E-state index contributed by atoms with van der Waals surface area (Å²) >= 11 is 0. The van der Waals surface area contributed by atoms with Crippen molar-refractivity contribution >= 4 is 15.8 Å². The van der Waals surface area contributed by atoms with Crippen molar-refractivity contribution in [2.45, 2.75) is 24.5 Å². The van der Waals surface area contributed by atoms with E-state index in [1.165, 1.54) is 0 Å². The second-order valence-electron chi connectivity index (χ2n) is 2.99. The molecule has 0 aliphatic heterocycles. The van der Waals surface area contributed by atoms with Gasteiger partial charge in [0.05, 0.1) is 6.61 Å². The quantitative estimate of drug-likeness (QED) is 0.596. The number of esters is 1. The molecule has 1 fully saturated rings. The van der Waals surface area contributed by atoms with Crippen LogP contribution >= 0.6 is 0 Å². The fourth-order valence-corrected chi connectivity index (χ4v) is 2.31. The highest BCUT2D eigenvalue weighted by Gasteiger charge is 2.60. The zero-order valence-electron chi connectivity index (χ0n) is 7.16. The van der Waals surface area contributed by atoms with E-state index in [1.54, 1.807) is 6.92 Å². The van der Waals surface area contributed by atoms with Gasteiger partial charge in [-0.25, -0.2) is 8.42 Å². The van der Waals surface area contributed by atoms with Crippen LogP contribution in [0.4, 0.5) is 0 Å². The van der Waals surface area contributed by atoms with Crippen molar-refractivity contribution < 1.29 is 17.9 Å². The molecule has 0 unspecified atom stereocenters. The van der Waals surface area contributed by atoms with E-state index in [0.717, 1.165) is 6.26 Å². The molecule has 1 rings (SSSR count). The molecular weight excluding hydrogens is 180 g/mol. The second-order valence-corrected chi connectivity index (χ2v) is 5.31. The molecule has 70 valence electrons. The van der Waals surface area contributed by atoms with Crippen LogP contribution in [0.5, 0.6) is 0 Å².